The van der Waals surface area contributed by atoms with Crippen LogP contribution in [-0.4, -0.2) is 45.0 Å². The van der Waals surface area contributed by atoms with Gasteiger partial charge in [0.25, 0.3) is 0 Å². The second-order valence-electron chi connectivity index (χ2n) is 3.59. The van der Waals surface area contributed by atoms with Crippen molar-refractivity contribution >= 4 is 34.1 Å². The van der Waals surface area contributed by atoms with Crippen LogP contribution in [0.2, 0.25) is 0 Å². The monoisotopic (exact) mass is 286 g/mol. The quantitative estimate of drug-likeness (QED) is 0.272. The van der Waals surface area contributed by atoms with E-state index in [-0.39, 0.29) is 6.04 Å². The maximum atomic E-state index is 8.58. The molecule has 0 aromatic carbocycles. The average Bonchev–Trinajstić information content (AvgIpc) is 2.44. The number of oxime groups is 2. The van der Waals surface area contributed by atoms with Gasteiger partial charge in [-0.1, -0.05) is 22.1 Å². The zero-order valence-corrected chi connectivity index (χ0v) is 12.4. The molecule has 0 aliphatic heterocycles. The third-order valence-corrected chi connectivity index (χ3v) is 2.75. The smallest absolute Gasteiger partial charge is 0.229 e. The molecule has 0 aromatic heterocycles. The Balaban J connectivity index is 4.90. The molecular formula is C10H18N6O2S. The Bertz CT molecular complexity index is 441. The minimum atomic E-state index is -0.340. The van der Waals surface area contributed by atoms with Crippen molar-refractivity contribution in [3.8, 4) is 0 Å². The maximum Gasteiger partial charge on any atom is 0.229 e. The molecule has 0 aliphatic rings. The molecule has 9 heteroatoms. The fraction of sp³-hybridized carbons (Fsp3) is 0.600. The molecule has 0 aromatic rings. The Morgan fingerprint density at radius 1 is 1.00 bits per heavy atom. The van der Waals surface area contributed by atoms with Crippen LogP contribution in [-0.2, 0) is 0 Å². The fourth-order valence-electron chi connectivity index (χ4n) is 0.667. The summed E-state index contributed by atoms with van der Waals surface area (Å²) in [6.45, 7) is 6.66. The van der Waals surface area contributed by atoms with Gasteiger partial charge in [0.1, 0.15) is 6.04 Å². The lowest BCUT2D eigenvalue weighted by Gasteiger charge is -2.01. The molecule has 8 nitrogen and oxygen atoms in total. The lowest BCUT2D eigenvalue weighted by molar-refractivity contribution is 0.316. The van der Waals surface area contributed by atoms with Gasteiger partial charge in [-0.05, 0) is 34.0 Å². The van der Waals surface area contributed by atoms with Crippen molar-refractivity contribution in [3.63, 3.8) is 0 Å². The summed E-state index contributed by atoms with van der Waals surface area (Å²) in [5.41, 5.74) is 1.30. The van der Waals surface area contributed by atoms with Crippen molar-refractivity contribution in [1.82, 2.24) is 0 Å². The SMILES string of the molecule is CS\C(N=NC(C)/C(C)=N/O)=N/N=C(C)/C(C)=N/O. The Morgan fingerprint density at radius 3 is 2.11 bits per heavy atom. The van der Waals surface area contributed by atoms with E-state index in [4.69, 9.17) is 10.4 Å². The lowest BCUT2D eigenvalue weighted by atomic mass is 10.2. The highest BCUT2D eigenvalue weighted by Crippen LogP contribution is 2.04. The van der Waals surface area contributed by atoms with Gasteiger partial charge >= 0.3 is 0 Å². The second kappa shape index (κ2) is 9.20. The number of hydrogen-bond donors (Lipinski definition) is 2. The summed E-state index contributed by atoms with van der Waals surface area (Å²) >= 11 is 1.27. The summed E-state index contributed by atoms with van der Waals surface area (Å²) in [6.07, 6.45) is 1.79. The van der Waals surface area contributed by atoms with Crippen LogP contribution in [0.25, 0.3) is 0 Å². The second-order valence-corrected chi connectivity index (χ2v) is 4.36. The van der Waals surface area contributed by atoms with E-state index in [1.54, 1.807) is 34.0 Å². The Kier molecular flexibility index (Phi) is 8.34. The summed E-state index contributed by atoms with van der Waals surface area (Å²) in [7, 11) is 0. The zero-order chi connectivity index (χ0) is 14.8. The molecule has 0 saturated carbocycles. The van der Waals surface area contributed by atoms with Crippen molar-refractivity contribution in [2.24, 2.45) is 30.7 Å². The first-order valence-electron chi connectivity index (χ1n) is 5.40. The largest absolute Gasteiger partial charge is 0.411 e. The van der Waals surface area contributed by atoms with Crippen LogP contribution in [0, 0.1) is 0 Å². The molecule has 0 heterocycles. The summed E-state index contributed by atoms with van der Waals surface area (Å²) < 4.78 is 0. The number of nitrogens with zero attached hydrogens (tertiary/aromatic N) is 6. The van der Waals surface area contributed by atoms with Gasteiger partial charge < -0.3 is 10.4 Å². The van der Waals surface area contributed by atoms with Crippen LogP contribution in [0.3, 0.4) is 0 Å². The highest BCUT2D eigenvalue weighted by molar-refractivity contribution is 8.13. The van der Waals surface area contributed by atoms with Gasteiger partial charge in [-0.3, -0.25) is 0 Å². The lowest BCUT2D eigenvalue weighted by Crippen LogP contribution is -2.10. The van der Waals surface area contributed by atoms with Gasteiger partial charge in [-0.25, -0.2) is 0 Å². The Hall–Kier alpha value is -1.77. The predicted molar refractivity (Wildman–Crippen MR) is 78.2 cm³/mol. The van der Waals surface area contributed by atoms with Crippen LogP contribution in [0.5, 0.6) is 0 Å². The maximum absolute atomic E-state index is 8.58. The van der Waals surface area contributed by atoms with Gasteiger partial charge in [0.2, 0.25) is 5.17 Å². The Morgan fingerprint density at radius 2 is 1.63 bits per heavy atom. The molecule has 0 spiro atoms. The first-order chi connectivity index (χ1) is 8.96. The average molecular weight is 286 g/mol. The molecular weight excluding hydrogens is 268 g/mol. The molecule has 0 amide bonds. The Labute approximate surface area is 116 Å². The minimum absolute atomic E-state index is 0.340. The molecule has 0 saturated heterocycles. The molecule has 0 aliphatic carbocycles. The van der Waals surface area contributed by atoms with E-state index in [0.29, 0.717) is 22.3 Å². The van der Waals surface area contributed by atoms with Gasteiger partial charge in [0.05, 0.1) is 17.1 Å². The molecule has 0 bridgehead atoms. The predicted octanol–water partition coefficient (Wildman–Crippen LogP) is 2.62. The van der Waals surface area contributed by atoms with E-state index >= 15 is 0 Å². The zero-order valence-electron chi connectivity index (χ0n) is 11.6. The van der Waals surface area contributed by atoms with Crippen molar-refractivity contribution in [2.75, 3.05) is 6.26 Å². The summed E-state index contributed by atoms with van der Waals surface area (Å²) in [6, 6.07) is -0.340. The van der Waals surface area contributed by atoms with Crippen LogP contribution in [0.1, 0.15) is 27.7 Å². The topological polar surface area (TPSA) is 115 Å². The molecule has 1 atom stereocenters. The molecule has 0 rings (SSSR count). The summed E-state index contributed by atoms with van der Waals surface area (Å²) in [5, 5.41) is 39.2. The highest BCUT2D eigenvalue weighted by atomic mass is 32.2. The van der Waals surface area contributed by atoms with Crippen LogP contribution in [0.15, 0.2) is 30.7 Å². The minimum Gasteiger partial charge on any atom is -0.411 e. The van der Waals surface area contributed by atoms with E-state index in [1.807, 2.05) is 0 Å². The number of thioether (sulfide) groups is 1. The van der Waals surface area contributed by atoms with Crippen molar-refractivity contribution in [1.29, 1.82) is 0 Å². The van der Waals surface area contributed by atoms with E-state index < -0.39 is 0 Å². The van der Waals surface area contributed by atoms with Gasteiger partial charge in [0.15, 0.2) is 0 Å². The molecule has 106 valence electrons. The van der Waals surface area contributed by atoms with E-state index in [1.165, 1.54) is 11.8 Å². The van der Waals surface area contributed by atoms with Crippen LogP contribution in [0.4, 0.5) is 0 Å². The molecule has 1 unspecified atom stereocenters. The normalized spacial score (nSPS) is 17.1. The molecule has 0 fully saturated rings. The van der Waals surface area contributed by atoms with Crippen LogP contribution >= 0.6 is 11.8 Å². The van der Waals surface area contributed by atoms with E-state index in [9.17, 15) is 0 Å². The van der Waals surface area contributed by atoms with E-state index in [2.05, 4.69) is 30.7 Å². The number of rotatable bonds is 4. The highest BCUT2D eigenvalue weighted by Gasteiger charge is 2.04. The number of hydrogen-bond acceptors (Lipinski definition) is 8. The van der Waals surface area contributed by atoms with Gasteiger partial charge in [-0.2, -0.15) is 10.2 Å². The third-order valence-electron chi connectivity index (χ3n) is 2.22. The van der Waals surface area contributed by atoms with Crippen molar-refractivity contribution in [3.05, 3.63) is 0 Å². The standard InChI is InChI=1S/C10H18N6O2S/c1-6(8(3)15-17)11-13-10(19-5)14-12-7(2)9(4)16-18/h6,17-18H,1-5H3/b12-7+,13-11?,14-10-,15-8+,16-9+. The van der Waals surface area contributed by atoms with Crippen molar-refractivity contribution in [2.45, 2.75) is 33.7 Å². The third kappa shape index (κ3) is 6.65. The summed E-state index contributed by atoms with van der Waals surface area (Å²) in [5.74, 6) is 0. The van der Waals surface area contributed by atoms with E-state index in [0.717, 1.165) is 0 Å². The number of azo groups is 1. The van der Waals surface area contributed by atoms with Crippen LogP contribution < -0.4 is 0 Å². The molecule has 2 N–H and O–H groups in total. The first kappa shape index (κ1) is 17.2. The first-order valence-corrected chi connectivity index (χ1v) is 6.63. The number of amidine groups is 1. The summed E-state index contributed by atoms with van der Waals surface area (Å²) in [4.78, 5) is 0. The molecule has 19 heavy (non-hydrogen) atoms. The van der Waals surface area contributed by atoms with Gasteiger partial charge in [0, 0.05) is 0 Å². The molecule has 0 radical (unpaired) electrons. The van der Waals surface area contributed by atoms with Gasteiger partial charge in [-0.15, -0.1) is 10.2 Å². The van der Waals surface area contributed by atoms with Crippen molar-refractivity contribution < 1.29 is 10.4 Å². The fourth-order valence-corrected chi connectivity index (χ4v) is 0.919.